The van der Waals surface area contributed by atoms with Crippen molar-refractivity contribution in [1.82, 2.24) is 0 Å². The van der Waals surface area contributed by atoms with Gasteiger partial charge in [0.2, 0.25) is 0 Å². The molecule has 6 rings (SSSR count). The van der Waals surface area contributed by atoms with Crippen molar-refractivity contribution in [2.75, 3.05) is 0 Å². The van der Waals surface area contributed by atoms with Crippen LogP contribution in [0.25, 0.3) is 23.3 Å². The van der Waals surface area contributed by atoms with E-state index >= 15 is 0 Å². The molecule has 0 nitrogen and oxygen atoms in total. The second kappa shape index (κ2) is 13.6. The summed E-state index contributed by atoms with van der Waals surface area (Å²) in [6, 6.07) is 23.6. The number of fused-ring (bicyclic) bond motifs is 2. The quantitative estimate of drug-likeness (QED) is 0.181. The molecular weight excluding hydrogens is 695 g/mol. The summed E-state index contributed by atoms with van der Waals surface area (Å²) in [5, 5.41) is 0. The molecule has 4 unspecified atom stereocenters. The summed E-state index contributed by atoms with van der Waals surface area (Å²) in [5.74, 6) is 0.0976. The van der Waals surface area contributed by atoms with Crippen molar-refractivity contribution < 1.29 is 15.6 Å². The second-order valence-electron chi connectivity index (χ2n) is 15.2. The summed E-state index contributed by atoms with van der Waals surface area (Å²) in [7, 11) is 17.4. The van der Waals surface area contributed by atoms with E-state index in [4.69, 9.17) is 17.0 Å². The molecule has 3 aromatic carbocycles. The molecule has 0 bridgehead atoms. The molecule has 245 valence electrons. The molecule has 4 atom stereocenters. The number of hydrogen-bond donors (Lipinski definition) is 0. The van der Waals surface area contributed by atoms with Gasteiger partial charge in [-0.05, 0) is 0 Å². The summed E-state index contributed by atoms with van der Waals surface area (Å²) in [4.78, 5) is 0. The average molecular weight is 750 g/mol. The van der Waals surface area contributed by atoms with Crippen LogP contribution in [-0.4, -0.2) is 5.92 Å². The zero-order valence-electron chi connectivity index (χ0n) is 29.3. The van der Waals surface area contributed by atoms with Crippen LogP contribution in [0.4, 0.5) is 0 Å². The third kappa shape index (κ3) is 5.68. The number of rotatable bonds is 10. The molecule has 0 heterocycles. The molecule has 0 N–H and O–H groups in total. The van der Waals surface area contributed by atoms with Crippen LogP contribution in [0.1, 0.15) is 138 Å². The SMILES string of the molecule is CCC1=Cc2c(-c3ccc(C4CCCCC4)cc3)cccc2[CH]1[Zr]([Cl])([Cl])([CH]1C(C(C)CC)=Cc2c(C(C)CC)cccc21)[SiH](C)C. The molecule has 3 aromatic rings. The molecule has 1 fully saturated rings. The van der Waals surface area contributed by atoms with Crippen LogP contribution >= 0.6 is 17.0 Å². The van der Waals surface area contributed by atoms with Crippen molar-refractivity contribution in [2.45, 2.75) is 118 Å². The zero-order chi connectivity index (χ0) is 32.8. The first-order chi connectivity index (χ1) is 22.0. The van der Waals surface area contributed by atoms with E-state index in [-0.39, 0.29) is 7.25 Å². The zero-order valence-corrected chi connectivity index (χ0v) is 34.4. The Kier molecular flexibility index (Phi) is 10.3. The van der Waals surface area contributed by atoms with Crippen molar-refractivity contribution >= 4 is 35.1 Å². The third-order valence-corrected chi connectivity index (χ3v) is 64.3. The van der Waals surface area contributed by atoms with Gasteiger partial charge in [-0.25, -0.2) is 0 Å². The Morgan fingerprint density at radius 3 is 1.98 bits per heavy atom. The summed E-state index contributed by atoms with van der Waals surface area (Å²) in [5.41, 5.74) is 14.2. The summed E-state index contributed by atoms with van der Waals surface area (Å²) in [6.45, 7) is 16.7. The van der Waals surface area contributed by atoms with E-state index in [1.807, 2.05) is 0 Å². The van der Waals surface area contributed by atoms with Crippen LogP contribution in [0, 0.1) is 5.92 Å². The first-order valence-corrected chi connectivity index (χ1v) is 34.7. The molecule has 46 heavy (non-hydrogen) atoms. The molecule has 3 aliphatic carbocycles. The molecule has 0 aromatic heterocycles. The van der Waals surface area contributed by atoms with Gasteiger partial charge < -0.3 is 0 Å². The van der Waals surface area contributed by atoms with Crippen LogP contribution in [0.15, 0.2) is 71.8 Å². The van der Waals surface area contributed by atoms with Crippen LogP contribution in [0.3, 0.4) is 0 Å². The fourth-order valence-electron chi connectivity index (χ4n) is 9.25. The van der Waals surface area contributed by atoms with Crippen molar-refractivity contribution in [1.29, 1.82) is 0 Å². The fraction of sp³-hybridized carbons (Fsp3) is 0.476. The third-order valence-electron chi connectivity index (χ3n) is 12.5. The van der Waals surface area contributed by atoms with Crippen LogP contribution in [0.5, 0.6) is 0 Å². The summed E-state index contributed by atoms with van der Waals surface area (Å²) in [6.07, 6.45) is 15.1. The minimum absolute atomic E-state index is 0.147. The van der Waals surface area contributed by atoms with Crippen LogP contribution in [0.2, 0.25) is 13.1 Å². The molecule has 0 aliphatic heterocycles. The number of hydrogen-bond acceptors (Lipinski definition) is 0. The predicted octanol–water partition coefficient (Wildman–Crippen LogP) is 13.9. The maximum absolute atomic E-state index is 8.69. The van der Waals surface area contributed by atoms with Gasteiger partial charge in [0.05, 0.1) is 0 Å². The molecule has 3 aliphatic rings. The number of benzene rings is 3. The molecule has 0 radical (unpaired) electrons. The number of halogens is 2. The van der Waals surface area contributed by atoms with Gasteiger partial charge in [0.15, 0.2) is 0 Å². The topological polar surface area (TPSA) is 0 Å². The van der Waals surface area contributed by atoms with E-state index in [0.29, 0.717) is 11.8 Å². The van der Waals surface area contributed by atoms with Gasteiger partial charge in [0, 0.05) is 0 Å². The Balaban J connectivity index is 1.51. The fourth-order valence-corrected chi connectivity index (χ4v) is 40.8. The first kappa shape index (κ1) is 34.7. The van der Waals surface area contributed by atoms with Crippen molar-refractivity contribution in [3.8, 4) is 11.1 Å². The van der Waals surface area contributed by atoms with Gasteiger partial charge in [0.1, 0.15) is 0 Å². The molecule has 0 amide bonds. The molecule has 1 saturated carbocycles. The Bertz CT molecular complexity index is 1640. The van der Waals surface area contributed by atoms with Crippen molar-refractivity contribution in [3.05, 3.63) is 105 Å². The van der Waals surface area contributed by atoms with Gasteiger partial charge >= 0.3 is 291 Å². The van der Waals surface area contributed by atoms with Gasteiger partial charge in [-0.1, -0.05) is 0 Å². The molecular formula is C42H55Cl2SiZr. The van der Waals surface area contributed by atoms with Crippen molar-refractivity contribution in [2.24, 2.45) is 5.92 Å². The standard InChI is InChI=1S/C23H25.C17H23.C2H7Si.2ClH.Zr/c1-2-17-15-21-9-6-10-22(23(21)16-17)20-13-11-19(12-14-20)18-7-4-3-5-8-18;1-5-12(3)15-10-14-8-7-9-16(13(4)6-2)17(14)11-15;1-3-2;;;/h6,9-16,18H,2-5,7-8H2,1H3;7-13H,5-6H2,1-4H3;3H,1-2H3;2*1H;/q;;;;;+2/p-2. The molecule has 0 saturated heterocycles. The summed E-state index contributed by atoms with van der Waals surface area (Å²) < 4.78 is 0.309. The Hall–Kier alpha value is -1.18. The maximum atomic E-state index is 8.69. The first-order valence-electron chi connectivity index (χ1n) is 18.4. The van der Waals surface area contributed by atoms with Gasteiger partial charge in [-0.3, -0.25) is 0 Å². The monoisotopic (exact) mass is 747 g/mol. The molecule has 0 spiro atoms. The van der Waals surface area contributed by atoms with E-state index < -0.39 is 21.5 Å². The van der Waals surface area contributed by atoms with E-state index in [1.54, 1.807) is 0 Å². The second-order valence-corrected chi connectivity index (χ2v) is 57.7. The number of allylic oxidation sites excluding steroid dienone is 2. The minimum atomic E-state index is -4.77. The van der Waals surface area contributed by atoms with Crippen LogP contribution in [-0.2, 0) is 15.6 Å². The van der Waals surface area contributed by atoms with Gasteiger partial charge in [-0.15, -0.1) is 0 Å². The van der Waals surface area contributed by atoms with Gasteiger partial charge in [0.25, 0.3) is 0 Å². The normalized spacial score (nSPS) is 22.1. The Morgan fingerprint density at radius 2 is 1.37 bits per heavy atom. The van der Waals surface area contributed by atoms with E-state index in [9.17, 15) is 0 Å². The summed E-state index contributed by atoms with van der Waals surface area (Å²) >= 11 is -4.77. The van der Waals surface area contributed by atoms with E-state index in [2.05, 4.69) is 121 Å². The predicted molar refractivity (Wildman–Crippen MR) is 205 cm³/mol. The average Bonchev–Trinajstić information content (AvgIpc) is 3.68. The Morgan fingerprint density at radius 1 is 0.739 bits per heavy atom. The Labute approximate surface area is 288 Å². The van der Waals surface area contributed by atoms with Gasteiger partial charge in [-0.2, -0.15) is 0 Å². The van der Waals surface area contributed by atoms with Crippen LogP contribution < -0.4 is 0 Å². The molecule has 4 heteroatoms. The van der Waals surface area contributed by atoms with E-state index in [1.165, 1.54) is 87.8 Å². The van der Waals surface area contributed by atoms with E-state index in [0.717, 1.165) is 25.2 Å². The van der Waals surface area contributed by atoms with Crippen molar-refractivity contribution in [3.63, 3.8) is 0 Å².